The van der Waals surface area contributed by atoms with Crippen molar-refractivity contribution in [2.75, 3.05) is 11.1 Å². The van der Waals surface area contributed by atoms with Crippen molar-refractivity contribution in [3.05, 3.63) is 23.5 Å². The molecule has 0 saturated carbocycles. The molecule has 0 atom stereocenters. The number of anilines is 1. The second kappa shape index (κ2) is 4.88. The van der Waals surface area contributed by atoms with Gasteiger partial charge in [0.15, 0.2) is 0 Å². The minimum Gasteiger partial charge on any atom is -0.396 e. The summed E-state index contributed by atoms with van der Waals surface area (Å²) in [6.07, 6.45) is 2.54. The van der Waals surface area contributed by atoms with Gasteiger partial charge in [0, 0.05) is 17.9 Å². The lowest BCUT2D eigenvalue weighted by molar-refractivity contribution is 1.25. The second-order valence-corrected chi connectivity index (χ2v) is 3.42. The smallest absolute Gasteiger partial charge is 0.136 e. The van der Waals surface area contributed by atoms with E-state index in [2.05, 4.69) is 32.8 Å². The molecule has 0 aliphatic rings. The molecule has 0 radical (unpaired) electrons. The number of pyridine rings is 1. The molecule has 0 aliphatic carbocycles. The average molecular weight is 239 g/mol. The summed E-state index contributed by atoms with van der Waals surface area (Å²) in [6.45, 7) is 1.95. The van der Waals surface area contributed by atoms with Crippen LogP contribution in [0.25, 0.3) is 0 Å². The van der Waals surface area contributed by atoms with Gasteiger partial charge in [0.2, 0.25) is 0 Å². The second-order valence-electron chi connectivity index (χ2n) is 2.63. The maximum Gasteiger partial charge on any atom is 0.136 e. The van der Waals surface area contributed by atoms with E-state index in [0.29, 0.717) is 11.4 Å². The molecule has 13 heavy (non-hydrogen) atoms. The Hall–Kier alpha value is -1.01. The summed E-state index contributed by atoms with van der Waals surface area (Å²) in [6, 6.07) is 1.88. The first-order chi connectivity index (χ1) is 6.25. The van der Waals surface area contributed by atoms with Crippen molar-refractivity contribution < 1.29 is 0 Å². The number of alkyl halides is 1. The quantitative estimate of drug-likeness (QED) is 0.602. The summed E-state index contributed by atoms with van der Waals surface area (Å²) < 4.78 is 0. The van der Waals surface area contributed by atoms with Crippen LogP contribution in [-0.4, -0.2) is 10.3 Å². The molecule has 0 amide bonds. The first-order valence-corrected chi connectivity index (χ1v) is 5.13. The third kappa shape index (κ3) is 2.74. The molecule has 0 aromatic carbocycles. The highest BCUT2D eigenvalue weighted by Gasteiger charge is 1.98. The van der Waals surface area contributed by atoms with Gasteiger partial charge in [-0.1, -0.05) is 21.9 Å². The Kier molecular flexibility index (Phi) is 3.78. The van der Waals surface area contributed by atoms with Crippen LogP contribution in [0.2, 0.25) is 0 Å². The van der Waals surface area contributed by atoms with Crippen molar-refractivity contribution in [3.63, 3.8) is 0 Å². The van der Waals surface area contributed by atoms with Crippen LogP contribution in [0.4, 0.5) is 5.69 Å². The largest absolute Gasteiger partial charge is 0.396 e. The SMILES string of the molecule is Cc1ccnc(C#CCCBr)c1N. The summed E-state index contributed by atoms with van der Waals surface area (Å²) in [5.41, 5.74) is 8.18. The molecule has 0 fully saturated rings. The molecule has 0 unspecified atom stereocenters. The molecular formula is C10H11BrN2. The lowest BCUT2D eigenvalue weighted by atomic mass is 10.2. The van der Waals surface area contributed by atoms with Crippen LogP contribution in [0.15, 0.2) is 12.3 Å². The van der Waals surface area contributed by atoms with Crippen molar-refractivity contribution in [1.82, 2.24) is 4.98 Å². The Balaban J connectivity index is 2.91. The zero-order chi connectivity index (χ0) is 9.68. The lowest BCUT2D eigenvalue weighted by Gasteiger charge is -1.99. The summed E-state index contributed by atoms with van der Waals surface area (Å²) in [5, 5.41) is 0.881. The number of nitrogens with zero attached hydrogens (tertiary/aromatic N) is 1. The van der Waals surface area contributed by atoms with E-state index in [1.165, 1.54) is 0 Å². The highest BCUT2D eigenvalue weighted by Crippen LogP contribution is 2.11. The third-order valence-electron chi connectivity index (χ3n) is 1.63. The van der Waals surface area contributed by atoms with Crippen molar-refractivity contribution in [2.45, 2.75) is 13.3 Å². The van der Waals surface area contributed by atoms with E-state index in [1.54, 1.807) is 6.20 Å². The van der Waals surface area contributed by atoms with E-state index in [1.807, 2.05) is 13.0 Å². The first-order valence-electron chi connectivity index (χ1n) is 4.01. The fourth-order valence-electron chi connectivity index (χ4n) is 0.863. The van der Waals surface area contributed by atoms with Gasteiger partial charge in [0.05, 0.1) is 5.69 Å². The van der Waals surface area contributed by atoms with Crippen molar-refractivity contribution in [3.8, 4) is 11.8 Å². The molecule has 3 heteroatoms. The Bertz CT molecular complexity index is 350. The number of rotatable bonds is 1. The number of aromatic nitrogens is 1. The van der Waals surface area contributed by atoms with Crippen molar-refractivity contribution >= 4 is 21.6 Å². The topological polar surface area (TPSA) is 38.9 Å². The minimum atomic E-state index is 0.681. The van der Waals surface area contributed by atoms with Gasteiger partial charge >= 0.3 is 0 Å². The molecule has 1 heterocycles. The van der Waals surface area contributed by atoms with Crippen LogP contribution < -0.4 is 5.73 Å². The number of hydrogen-bond acceptors (Lipinski definition) is 2. The van der Waals surface area contributed by atoms with Crippen molar-refractivity contribution in [1.29, 1.82) is 0 Å². The van der Waals surface area contributed by atoms with Crippen LogP contribution >= 0.6 is 15.9 Å². The Morgan fingerprint density at radius 2 is 2.38 bits per heavy atom. The average Bonchev–Trinajstić information content (AvgIpc) is 2.13. The fraction of sp³-hybridized carbons (Fsp3) is 0.300. The van der Waals surface area contributed by atoms with Gasteiger partial charge in [0.1, 0.15) is 5.69 Å². The van der Waals surface area contributed by atoms with Crippen LogP contribution in [0, 0.1) is 18.8 Å². The number of nitrogens with two attached hydrogens (primary N) is 1. The van der Waals surface area contributed by atoms with E-state index in [4.69, 9.17) is 5.73 Å². The van der Waals surface area contributed by atoms with Crippen LogP contribution in [0.5, 0.6) is 0 Å². The van der Waals surface area contributed by atoms with Gasteiger partial charge in [-0.05, 0) is 24.5 Å². The summed E-state index contributed by atoms with van der Waals surface area (Å²) in [4.78, 5) is 4.10. The van der Waals surface area contributed by atoms with Gasteiger partial charge in [-0.3, -0.25) is 0 Å². The van der Waals surface area contributed by atoms with E-state index in [9.17, 15) is 0 Å². The molecule has 0 saturated heterocycles. The Morgan fingerprint density at radius 1 is 1.62 bits per heavy atom. The summed E-state index contributed by atoms with van der Waals surface area (Å²) in [5.74, 6) is 5.92. The molecule has 0 bridgehead atoms. The predicted octanol–water partition coefficient (Wildman–Crippen LogP) is 2.11. The standard InChI is InChI=1S/C10H11BrN2/c1-8-5-7-13-9(10(8)12)4-2-3-6-11/h5,7H,3,6,12H2,1H3. The van der Waals surface area contributed by atoms with Gasteiger partial charge < -0.3 is 5.73 Å². The van der Waals surface area contributed by atoms with E-state index in [-0.39, 0.29) is 0 Å². The van der Waals surface area contributed by atoms with Crippen LogP contribution in [0.1, 0.15) is 17.7 Å². The maximum atomic E-state index is 5.79. The fourth-order valence-corrected chi connectivity index (χ4v) is 1.06. The zero-order valence-corrected chi connectivity index (χ0v) is 9.06. The Labute approximate surface area is 86.7 Å². The molecule has 1 aromatic heterocycles. The molecule has 0 aliphatic heterocycles. The normalized spacial score (nSPS) is 9.08. The number of halogens is 1. The Morgan fingerprint density at radius 3 is 3.08 bits per heavy atom. The number of hydrogen-bond donors (Lipinski definition) is 1. The monoisotopic (exact) mass is 238 g/mol. The zero-order valence-electron chi connectivity index (χ0n) is 7.47. The molecular weight excluding hydrogens is 228 g/mol. The predicted molar refractivity (Wildman–Crippen MR) is 58.7 cm³/mol. The molecule has 0 spiro atoms. The summed E-state index contributed by atoms with van der Waals surface area (Å²) in [7, 11) is 0. The third-order valence-corrected chi connectivity index (χ3v) is 2.03. The van der Waals surface area contributed by atoms with E-state index < -0.39 is 0 Å². The number of aryl methyl sites for hydroxylation is 1. The van der Waals surface area contributed by atoms with Gasteiger partial charge in [-0.25, -0.2) is 4.98 Å². The summed E-state index contributed by atoms with van der Waals surface area (Å²) >= 11 is 3.30. The maximum absolute atomic E-state index is 5.79. The van der Waals surface area contributed by atoms with E-state index in [0.717, 1.165) is 17.3 Å². The van der Waals surface area contributed by atoms with E-state index >= 15 is 0 Å². The lowest BCUT2D eigenvalue weighted by Crippen LogP contribution is -1.96. The highest BCUT2D eigenvalue weighted by molar-refractivity contribution is 9.09. The van der Waals surface area contributed by atoms with Gasteiger partial charge in [0.25, 0.3) is 0 Å². The first kappa shape index (κ1) is 10.1. The molecule has 1 aromatic rings. The van der Waals surface area contributed by atoms with Gasteiger partial charge in [-0.2, -0.15) is 0 Å². The van der Waals surface area contributed by atoms with Crippen LogP contribution in [-0.2, 0) is 0 Å². The molecule has 1 rings (SSSR count). The molecule has 68 valence electrons. The van der Waals surface area contributed by atoms with Crippen molar-refractivity contribution in [2.24, 2.45) is 0 Å². The highest BCUT2D eigenvalue weighted by atomic mass is 79.9. The molecule has 2 N–H and O–H groups in total. The van der Waals surface area contributed by atoms with Crippen LogP contribution in [0.3, 0.4) is 0 Å². The van der Waals surface area contributed by atoms with Gasteiger partial charge in [-0.15, -0.1) is 0 Å². The molecule has 2 nitrogen and oxygen atoms in total. The number of nitrogen functional groups attached to an aromatic ring is 1. The minimum absolute atomic E-state index is 0.681.